The van der Waals surface area contributed by atoms with Crippen LogP contribution in [0.2, 0.25) is 0 Å². The molecule has 0 aliphatic carbocycles. The molecule has 2 aromatic heterocycles. The van der Waals surface area contributed by atoms with Gasteiger partial charge in [-0.1, -0.05) is 0 Å². The predicted molar refractivity (Wildman–Crippen MR) is 107 cm³/mol. The first-order chi connectivity index (χ1) is 13.5. The molecule has 1 aliphatic heterocycles. The van der Waals surface area contributed by atoms with E-state index in [9.17, 15) is 0 Å². The van der Waals surface area contributed by atoms with Crippen LogP contribution in [0, 0.1) is 0 Å². The van der Waals surface area contributed by atoms with Crippen LogP contribution in [0.4, 0.5) is 0 Å². The van der Waals surface area contributed by atoms with Gasteiger partial charge in [0, 0.05) is 54.2 Å². The summed E-state index contributed by atoms with van der Waals surface area (Å²) < 4.78 is 4.52. The number of nitrogens with one attached hydrogen (secondary N) is 1. The van der Waals surface area contributed by atoms with Gasteiger partial charge in [0.1, 0.15) is 5.82 Å². The van der Waals surface area contributed by atoms with Crippen LogP contribution in [-0.4, -0.2) is 49.9 Å². The summed E-state index contributed by atoms with van der Waals surface area (Å²) in [6.07, 6.45) is 8.50. The summed E-state index contributed by atoms with van der Waals surface area (Å²) in [7, 11) is 2.08. The van der Waals surface area contributed by atoms with Crippen LogP contribution in [0.15, 0.2) is 42.9 Å². The van der Waals surface area contributed by atoms with Gasteiger partial charge in [-0.2, -0.15) is 0 Å². The van der Waals surface area contributed by atoms with E-state index in [4.69, 9.17) is 19.8 Å². The molecule has 0 spiro atoms. The lowest BCUT2D eigenvalue weighted by molar-refractivity contribution is -0.123. The number of benzene rings is 1. The number of hydrogen-bond donors (Lipinski definition) is 3. The average molecular weight is 386 g/mol. The second-order valence-electron chi connectivity index (χ2n) is 6.60. The topological polar surface area (TPSA) is 109 Å². The van der Waals surface area contributed by atoms with Gasteiger partial charge < -0.3 is 24.7 Å². The van der Waals surface area contributed by atoms with Gasteiger partial charge in [0.2, 0.25) is 0 Å². The molecule has 1 saturated heterocycles. The number of aryl methyl sites for hydroxylation is 1. The average Bonchev–Trinajstić information content (AvgIpc) is 3.30. The third-order valence-electron chi connectivity index (χ3n) is 4.80. The van der Waals surface area contributed by atoms with E-state index in [0.717, 1.165) is 18.8 Å². The SMILES string of the molecule is C[C@@H]1C[C@@H](n2ccnc2-c2ccc3c(ccn3C)c2)CCN1.O=CO.O=CO. The minimum absolute atomic E-state index is 0.250. The normalized spacial score (nSPS) is 18.4. The lowest BCUT2D eigenvalue weighted by Crippen LogP contribution is -2.36. The van der Waals surface area contributed by atoms with Crippen molar-refractivity contribution in [1.29, 1.82) is 0 Å². The van der Waals surface area contributed by atoms with Crippen molar-refractivity contribution in [3.05, 3.63) is 42.9 Å². The molecule has 4 rings (SSSR count). The van der Waals surface area contributed by atoms with Crippen molar-refractivity contribution in [3.63, 3.8) is 0 Å². The molecule has 0 saturated carbocycles. The third-order valence-corrected chi connectivity index (χ3v) is 4.80. The fourth-order valence-electron chi connectivity index (χ4n) is 3.61. The van der Waals surface area contributed by atoms with Crippen LogP contribution < -0.4 is 5.32 Å². The van der Waals surface area contributed by atoms with Crippen LogP contribution >= 0.6 is 0 Å². The number of hydrogen-bond acceptors (Lipinski definition) is 4. The van der Waals surface area contributed by atoms with E-state index in [1.54, 1.807) is 0 Å². The number of rotatable bonds is 2. The maximum atomic E-state index is 8.36. The van der Waals surface area contributed by atoms with Crippen molar-refractivity contribution in [2.45, 2.75) is 31.8 Å². The minimum atomic E-state index is -0.250. The Morgan fingerprint density at radius 3 is 2.57 bits per heavy atom. The third kappa shape index (κ3) is 4.98. The van der Waals surface area contributed by atoms with Crippen molar-refractivity contribution < 1.29 is 19.8 Å². The Morgan fingerprint density at radius 2 is 1.89 bits per heavy atom. The molecule has 1 aromatic carbocycles. The fraction of sp³-hybridized carbons (Fsp3) is 0.350. The van der Waals surface area contributed by atoms with E-state index in [2.05, 4.69) is 70.1 Å². The molecule has 0 bridgehead atoms. The highest BCUT2D eigenvalue weighted by Crippen LogP contribution is 2.29. The summed E-state index contributed by atoms with van der Waals surface area (Å²) in [4.78, 5) is 21.4. The van der Waals surface area contributed by atoms with Crippen LogP contribution in [0.3, 0.4) is 0 Å². The molecular formula is C20H26N4O4. The molecule has 8 heteroatoms. The monoisotopic (exact) mass is 386 g/mol. The van der Waals surface area contributed by atoms with Crippen LogP contribution in [-0.2, 0) is 16.6 Å². The summed E-state index contributed by atoms with van der Waals surface area (Å²) in [6, 6.07) is 9.91. The van der Waals surface area contributed by atoms with Gasteiger partial charge in [-0.15, -0.1) is 0 Å². The predicted octanol–water partition coefficient (Wildman–Crippen LogP) is 2.76. The highest BCUT2D eigenvalue weighted by molar-refractivity contribution is 5.84. The minimum Gasteiger partial charge on any atom is -0.483 e. The number of aromatic nitrogens is 3. The van der Waals surface area contributed by atoms with Gasteiger partial charge in [0.05, 0.1) is 0 Å². The van der Waals surface area contributed by atoms with Crippen LogP contribution in [0.5, 0.6) is 0 Å². The van der Waals surface area contributed by atoms with Gasteiger partial charge in [-0.25, -0.2) is 4.98 Å². The molecule has 1 aliphatic rings. The van der Waals surface area contributed by atoms with Crippen LogP contribution in [0.25, 0.3) is 22.3 Å². The van der Waals surface area contributed by atoms with Crippen molar-refractivity contribution in [1.82, 2.24) is 19.4 Å². The first-order valence-electron chi connectivity index (χ1n) is 9.03. The van der Waals surface area contributed by atoms with Gasteiger partial charge in [0.15, 0.2) is 0 Å². The maximum absolute atomic E-state index is 8.36. The Kier molecular flexibility index (Phi) is 7.76. The molecule has 2 atom stereocenters. The van der Waals surface area contributed by atoms with Gasteiger partial charge in [-0.3, -0.25) is 9.59 Å². The molecular weight excluding hydrogens is 360 g/mol. The van der Waals surface area contributed by atoms with E-state index < -0.39 is 0 Å². The molecule has 3 N–H and O–H groups in total. The van der Waals surface area contributed by atoms with E-state index in [1.165, 1.54) is 22.9 Å². The van der Waals surface area contributed by atoms with Crippen molar-refractivity contribution in [3.8, 4) is 11.4 Å². The number of nitrogens with zero attached hydrogens (tertiary/aromatic N) is 3. The Labute approximate surface area is 163 Å². The molecule has 0 amide bonds. The lowest BCUT2D eigenvalue weighted by atomic mass is 10.00. The first kappa shape index (κ1) is 21.2. The summed E-state index contributed by atoms with van der Waals surface area (Å²) in [5, 5.41) is 18.6. The summed E-state index contributed by atoms with van der Waals surface area (Å²) >= 11 is 0. The summed E-state index contributed by atoms with van der Waals surface area (Å²) in [5.41, 5.74) is 2.47. The molecule has 0 radical (unpaired) electrons. The number of carboxylic acid groups (broad SMARTS) is 2. The Balaban J connectivity index is 0.000000418. The molecule has 1 fully saturated rings. The highest BCUT2D eigenvalue weighted by atomic mass is 16.3. The van der Waals surface area contributed by atoms with Crippen molar-refractivity contribution >= 4 is 23.8 Å². The van der Waals surface area contributed by atoms with E-state index in [-0.39, 0.29) is 12.9 Å². The Morgan fingerprint density at radius 1 is 1.18 bits per heavy atom. The lowest BCUT2D eigenvalue weighted by Gasteiger charge is -2.30. The number of carbonyl (C=O) groups is 2. The quantitative estimate of drug-likeness (QED) is 0.584. The largest absolute Gasteiger partial charge is 0.483 e. The molecule has 3 heterocycles. The van der Waals surface area contributed by atoms with Gasteiger partial charge in [-0.05, 0) is 50.6 Å². The summed E-state index contributed by atoms with van der Waals surface area (Å²) in [5.74, 6) is 1.09. The van der Waals surface area contributed by atoms with Crippen molar-refractivity contribution in [2.75, 3.05) is 6.54 Å². The fourth-order valence-corrected chi connectivity index (χ4v) is 3.61. The van der Waals surface area contributed by atoms with E-state index in [0.29, 0.717) is 12.1 Å². The Hall–Kier alpha value is -3.13. The smallest absolute Gasteiger partial charge is 0.290 e. The molecule has 150 valence electrons. The first-order valence-corrected chi connectivity index (χ1v) is 9.03. The standard InChI is InChI=1S/C18H22N4.2CH2O2/c1-13-11-16(5-7-19-13)22-10-8-20-18(22)15-3-4-17-14(12-15)6-9-21(17)2;2*2-1-3/h3-4,6,8-10,12-13,16,19H,5,7,11H2,1-2H3;2*1H,(H,2,3)/t13-,16+;;/m1../s1. The molecule has 8 nitrogen and oxygen atoms in total. The second kappa shape index (κ2) is 10.3. The maximum Gasteiger partial charge on any atom is 0.290 e. The zero-order chi connectivity index (χ0) is 20.5. The van der Waals surface area contributed by atoms with Gasteiger partial charge >= 0.3 is 0 Å². The Bertz CT molecular complexity index is 897. The molecule has 0 unspecified atom stereocenters. The zero-order valence-corrected chi connectivity index (χ0v) is 16.0. The molecule has 3 aromatic rings. The zero-order valence-electron chi connectivity index (χ0n) is 16.0. The van der Waals surface area contributed by atoms with Crippen molar-refractivity contribution in [2.24, 2.45) is 7.05 Å². The number of imidazole rings is 1. The highest BCUT2D eigenvalue weighted by Gasteiger charge is 2.22. The van der Waals surface area contributed by atoms with E-state index >= 15 is 0 Å². The second-order valence-corrected chi connectivity index (χ2v) is 6.60. The molecule has 28 heavy (non-hydrogen) atoms. The van der Waals surface area contributed by atoms with E-state index in [1.807, 2.05) is 6.20 Å². The summed E-state index contributed by atoms with van der Waals surface area (Å²) in [6.45, 7) is 2.85. The number of piperidine rings is 1. The van der Waals surface area contributed by atoms with Gasteiger partial charge in [0.25, 0.3) is 12.9 Å². The van der Waals surface area contributed by atoms with Crippen LogP contribution in [0.1, 0.15) is 25.8 Å². The number of fused-ring (bicyclic) bond motifs is 1.